The van der Waals surface area contributed by atoms with E-state index in [0.717, 1.165) is 108 Å². The fourth-order valence-electron chi connectivity index (χ4n) is 12.7. The maximum absolute atomic E-state index is 13.1. The van der Waals surface area contributed by atoms with Gasteiger partial charge in [-0.05, 0) is 37.5 Å². The molecule has 19 heteroatoms. The molecule has 0 aromatic heterocycles. The molecular weight excluding hydrogens is 1320 g/mol. The van der Waals surface area contributed by atoms with Crippen molar-refractivity contribution in [2.75, 3.05) is 39.6 Å². The van der Waals surface area contributed by atoms with Crippen LogP contribution >= 0.6 is 15.6 Å². The molecule has 600 valence electrons. The third-order valence-electron chi connectivity index (χ3n) is 19.2. The summed E-state index contributed by atoms with van der Waals surface area (Å²) in [5, 5.41) is 10.6. The standard InChI is InChI=1S/C82H160O17P2/c1-7-9-11-13-14-15-16-17-18-19-20-21-22-23-24-25-33-38-43-48-54-61-67-82(87)99-78(71-93-80(85)65-59-53-47-42-37-32-28-26-30-35-40-45-51-56-62-74(3)4)73-97-101(90,91)95-69-76(83)68-94-100(88,89)96-72-77(70-92-79(84)64-58-50-12-10-8-2)98-81(86)66-60-55-49-44-39-34-29-27-31-36-41-46-52-57-63-75(5)6/h74-78,83H,7-73H2,1-6H3,(H,88,89)(H,90,91)/t76-,77+,78+/m0/s1. The first-order chi connectivity index (χ1) is 48.9. The molecular formula is C82H160O17P2. The maximum Gasteiger partial charge on any atom is 0.472 e. The number of phosphoric acid groups is 2. The summed E-state index contributed by atoms with van der Waals surface area (Å²) < 4.78 is 68.5. The summed E-state index contributed by atoms with van der Waals surface area (Å²) >= 11 is 0. The van der Waals surface area contributed by atoms with Gasteiger partial charge in [0.05, 0.1) is 26.4 Å². The van der Waals surface area contributed by atoms with Crippen LogP contribution in [0.4, 0.5) is 0 Å². The van der Waals surface area contributed by atoms with Crippen LogP contribution in [0.3, 0.4) is 0 Å². The van der Waals surface area contributed by atoms with Gasteiger partial charge in [0.1, 0.15) is 19.3 Å². The molecule has 0 aromatic rings. The molecule has 17 nitrogen and oxygen atoms in total. The fourth-order valence-corrected chi connectivity index (χ4v) is 14.3. The number of carbonyl (C=O) groups is 4. The Morgan fingerprint density at radius 1 is 0.267 bits per heavy atom. The lowest BCUT2D eigenvalue weighted by Gasteiger charge is -2.21. The largest absolute Gasteiger partial charge is 0.472 e. The van der Waals surface area contributed by atoms with Gasteiger partial charge in [0.2, 0.25) is 0 Å². The first-order valence-electron chi connectivity index (χ1n) is 42.5. The van der Waals surface area contributed by atoms with E-state index < -0.39 is 97.5 Å². The van der Waals surface area contributed by atoms with E-state index >= 15 is 0 Å². The Morgan fingerprint density at radius 2 is 0.455 bits per heavy atom. The molecule has 0 aliphatic rings. The zero-order chi connectivity index (χ0) is 74.2. The molecule has 101 heavy (non-hydrogen) atoms. The van der Waals surface area contributed by atoms with Crippen LogP contribution in [-0.2, 0) is 65.4 Å². The lowest BCUT2D eigenvalue weighted by molar-refractivity contribution is -0.161. The van der Waals surface area contributed by atoms with E-state index in [1.54, 1.807) is 0 Å². The molecule has 0 radical (unpaired) electrons. The molecule has 0 saturated heterocycles. The smallest absolute Gasteiger partial charge is 0.462 e. The number of hydrogen-bond donors (Lipinski definition) is 3. The predicted octanol–water partition coefficient (Wildman–Crippen LogP) is 24.7. The van der Waals surface area contributed by atoms with E-state index in [2.05, 4.69) is 41.5 Å². The second-order valence-corrected chi connectivity index (χ2v) is 33.4. The summed E-state index contributed by atoms with van der Waals surface area (Å²) in [4.78, 5) is 72.8. The van der Waals surface area contributed by atoms with Crippen molar-refractivity contribution in [1.29, 1.82) is 0 Å². The molecule has 0 aliphatic heterocycles. The third-order valence-corrected chi connectivity index (χ3v) is 21.1. The molecule has 0 saturated carbocycles. The monoisotopic (exact) mass is 1480 g/mol. The summed E-state index contributed by atoms with van der Waals surface area (Å²) in [6, 6.07) is 0. The number of hydrogen-bond acceptors (Lipinski definition) is 15. The van der Waals surface area contributed by atoms with E-state index in [1.807, 2.05) is 0 Å². The quantitative estimate of drug-likeness (QED) is 0.0222. The topological polar surface area (TPSA) is 237 Å². The van der Waals surface area contributed by atoms with E-state index in [4.69, 9.17) is 37.0 Å². The molecule has 2 unspecified atom stereocenters. The van der Waals surface area contributed by atoms with Gasteiger partial charge in [-0.25, -0.2) is 9.13 Å². The number of phosphoric ester groups is 2. The first-order valence-corrected chi connectivity index (χ1v) is 45.5. The van der Waals surface area contributed by atoms with Crippen molar-refractivity contribution in [1.82, 2.24) is 0 Å². The van der Waals surface area contributed by atoms with Crippen LogP contribution in [0.2, 0.25) is 0 Å². The Labute approximate surface area is 619 Å². The van der Waals surface area contributed by atoms with Gasteiger partial charge < -0.3 is 33.8 Å². The molecule has 0 amide bonds. The maximum atomic E-state index is 13.1. The van der Waals surface area contributed by atoms with Crippen molar-refractivity contribution in [3.05, 3.63) is 0 Å². The number of carbonyl (C=O) groups excluding carboxylic acids is 4. The van der Waals surface area contributed by atoms with Crippen molar-refractivity contribution >= 4 is 39.5 Å². The van der Waals surface area contributed by atoms with Gasteiger partial charge in [0.25, 0.3) is 0 Å². The Bertz CT molecular complexity index is 1940. The molecule has 0 bridgehead atoms. The first kappa shape index (κ1) is 99.1. The van der Waals surface area contributed by atoms with E-state index in [1.165, 1.54) is 244 Å². The van der Waals surface area contributed by atoms with Crippen LogP contribution in [0.5, 0.6) is 0 Å². The van der Waals surface area contributed by atoms with Crippen molar-refractivity contribution < 1.29 is 80.2 Å². The van der Waals surface area contributed by atoms with E-state index in [9.17, 15) is 43.2 Å². The molecule has 0 rings (SSSR count). The Morgan fingerprint density at radius 3 is 0.673 bits per heavy atom. The number of rotatable bonds is 81. The van der Waals surface area contributed by atoms with Crippen LogP contribution < -0.4 is 0 Å². The highest BCUT2D eigenvalue weighted by atomic mass is 31.2. The molecule has 0 fully saturated rings. The van der Waals surface area contributed by atoms with Crippen molar-refractivity contribution in [2.24, 2.45) is 11.8 Å². The number of unbranched alkanes of at least 4 members (excludes halogenated alkanes) is 51. The van der Waals surface area contributed by atoms with Crippen molar-refractivity contribution in [3.63, 3.8) is 0 Å². The Kier molecular flexibility index (Phi) is 72.2. The highest BCUT2D eigenvalue weighted by molar-refractivity contribution is 7.47. The molecule has 0 aromatic carbocycles. The highest BCUT2D eigenvalue weighted by Crippen LogP contribution is 2.45. The summed E-state index contributed by atoms with van der Waals surface area (Å²) in [6.07, 6.45) is 64.4. The van der Waals surface area contributed by atoms with Gasteiger partial charge in [-0.15, -0.1) is 0 Å². The third kappa shape index (κ3) is 76.1. The highest BCUT2D eigenvalue weighted by Gasteiger charge is 2.30. The van der Waals surface area contributed by atoms with Gasteiger partial charge in [-0.3, -0.25) is 37.3 Å². The molecule has 5 atom stereocenters. The zero-order valence-corrected chi connectivity index (χ0v) is 68.0. The Balaban J connectivity index is 5.10. The second kappa shape index (κ2) is 73.6. The van der Waals surface area contributed by atoms with Gasteiger partial charge in [0.15, 0.2) is 12.2 Å². The van der Waals surface area contributed by atoms with Gasteiger partial charge in [-0.2, -0.15) is 0 Å². The number of aliphatic hydroxyl groups is 1. The second-order valence-electron chi connectivity index (χ2n) is 30.5. The number of esters is 4. The fraction of sp³-hybridized carbons (Fsp3) is 0.951. The molecule has 0 spiro atoms. The number of aliphatic hydroxyl groups excluding tert-OH is 1. The van der Waals surface area contributed by atoms with E-state index in [0.29, 0.717) is 25.7 Å². The van der Waals surface area contributed by atoms with Crippen LogP contribution in [0, 0.1) is 11.8 Å². The summed E-state index contributed by atoms with van der Waals surface area (Å²) in [6.45, 7) is 9.59. The normalized spacial score (nSPS) is 13.9. The predicted molar refractivity (Wildman–Crippen MR) is 414 cm³/mol. The average molecular weight is 1480 g/mol. The van der Waals surface area contributed by atoms with Crippen molar-refractivity contribution in [3.8, 4) is 0 Å². The molecule has 0 aliphatic carbocycles. The average Bonchev–Trinajstić information content (AvgIpc) is 0.932. The summed E-state index contributed by atoms with van der Waals surface area (Å²) in [5.74, 6) is -0.525. The summed E-state index contributed by atoms with van der Waals surface area (Å²) in [5.41, 5.74) is 0. The van der Waals surface area contributed by atoms with Gasteiger partial charge >= 0.3 is 39.5 Å². The van der Waals surface area contributed by atoms with Gasteiger partial charge in [0, 0.05) is 25.7 Å². The lowest BCUT2D eigenvalue weighted by Crippen LogP contribution is -2.30. The van der Waals surface area contributed by atoms with Crippen LogP contribution in [-0.4, -0.2) is 96.7 Å². The van der Waals surface area contributed by atoms with Crippen molar-refractivity contribution in [2.45, 2.75) is 452 Å². The Hall–Kier alpha value is -1.94. The zero-order valence-electron chi connectivity index (χ0n) is 66.2. The van der Waals surface area contributed by atoms with E-state index in [-0.39, 0.29) is 25.7 Å². The number of ether oxygens (including phenoxy) is 4. The minimum absolute atomic E-state index is 0.107. The SMILES string of the molecule is CCCCCCCCCCCCCCCCCCCCCCCCC(=O)O[C@H](COC(=O)CCCCCCCCCCCCCCCCC(C)C)COP(=O)(O)OC[C@@H](O)COP(=O)(O)OC[C@@H](COC(=O)CCCCCCC)OC(=O)CCCCCCCCCCCCCCCCC(C)C. The minimum Gasteiger partial charge on any atom is -0.462 e. The lowest BCUT2D eigenvalue weighted by atomic mass is 10.0. The van der Waals surface area contributed by atoms with Gasteiger partial charge in [-0.1, -0.05) is 382 Å². The minimum atomic E-state index is -4.96. The summed E-state index contributed by atoms with van der Waals surface area (Å²) in [7, 11) is -9.91. The molecule has 0 heterocycles. The molecule has 3 N–H and O–H groups in total. The van der Waals surface area contributed by atoms with Crippen LogP contribution in [0.1, 0.15) is 433 Å². The van der Waals surface area contributed by atoms with Crippen LogP contribution in [0.25, 0.3) is 0 Å². The van der Waals surface area contributed by atoms with Crippen LogP contribution in [0.15, 0.2) is 0 Å².